The topological polar surface area (TPSA) is 92.1 Å². The summed E-state index contributed by atoms with van der Waals surface area (Å²) in [5.74, 6) is 0.898. The summed E-state index contributed by atoms with van der Waals surface area (Å²) in [4.78, 5) is 10.4. The Bertz CT molecular complexity index is 698. The highest BCUT2D eigenvalue weighted by Crippen LogP contribution is 2.26. The Balaban J connectivity index is 2.16. The number of hydrogen-bond acceptors (Lipinski definition) is 5. The molecule has 2 rings (SSSR count). The molecule has 0 bridgehead atoms. The van der Waals surface area contributed by atoms with Gasteiger partial charge in [0.2, 0.25) is 5.76 Å². The number of nitrogens with one attached hydrogen (secondary N) is 1. The van der Waals surface area contributed by atoms with Crippen molar-refractivity contribution in [1.29, 1.82) is 5.26 Å². The summed E-state index contributed by atoms with van der Waals surface area (Å²) < 4.78 is 5.25. The minimum absolute atomic E-state index is 0.109. The fourth-order valence-electron chi connectivity index (χ4n) is 1.90. The van der Waals surface area contributed by atoms with Gasteiger partial charge in [-0.25, -0.2) is 0 Å². The van der Waals surface area contributed by atoms with E-state index < -0.39 is 4.92 Å². The SMILES string of the molecule is Cc1cc([N+](=O)[O-])c(C)cc1NCc1ccc(C#N)o1. The minimum Gasteiger partial charge on any atom is -0.449 e. The summed E-state index contributed by atoms with van der Waals surface area (Å²) in [5.41, 5.74) is 2.30. The van der Waals surface area contributed by atoms with Crippen LogP contribution in [-0.4, -0.2) is 4.92 Å². The van der Waals surface area contributed by atoms with E-state index in [-0.39, 0.29) is 11.4 Å². The molecule has 1 heterocycles. The van der Waals surface area contributed by atoms with E-state index in [1.807, 2.05) is 6.07 Å². The van der Waals surface area contributed by atoms with Crippen LogP contribution in [0, 0.1) is 35.3 Å². The van der Waals surface area contributed by atoms with E-state index in [0.717, 1.165) is 11.3 Å². The molecular weight excluding hydrogens is 258 g/mol. The first-order valence-electron chi connectivity index (χ1n) is 5.99. The van der Waals surface area contributed by atoms with Crippen molar-refractivity contribution >= 4 is 11.4 Å². The van der Waals surface area contributed by atoms with Crippen LogP contribution in [-0.2, 0) is 6.54 Å². The number of benzene rings is 1. The zero-order chi connectivity index (χ0) is 14.7. The number of nitrogens with zero attached hydrogens (tertiary/aromatic N) is 2. The lowest BCUT2D eigenvalue weighted by Crippen LogP contribution is -2.02. The standard InChI is InChI=1S/C14H13N3O3/c1-9-6-14(17(18)19)10(2)5-13(9)16-8-12-4-3-11(7-15)20-12/h3-6,16H,8H2,1-2H3. The molecule has 0 radical (unpaired) electrons. The van der Waals surface area contributed by atoms with Gasteiger partial charge >= 0.3 is 0 Å². The second-order valence-electron chi connectivity index (χ2n) is 4.44. The summed E-state index contributed by atoms with van der Waals surface area (Å²) in [5, 5.41) is 22.7. The van der Waals surface area contributed by atoms with Crippen LogP contribution in [0.2, 0.25) is 0 Å². The average molecular weight is 271 g/mol. The van der Waals surface area contributed by atoms with E-state index in [0.29, 0.717) is 17.9 Å². The third kappa shape index (κ3) is 2.78. The van der Waals surface area contributed by atoms with Gasteiger partial charge in [0, 0.05) is 17.3 Å². The van der Waals surface area contributed by atoms with Gasteiger partial charge in [0.1, 0.15) is 11.8 Å². The van der Waals surface area contributed by atoms with Crippen molar-refractivity contribution < 1.29 is 9.34 Å². The Labute approximate surface area is 115 Å². The smallest absolute Gasteiger partial charge is 0.272 e. The molecule has 1 N–H and O–H groups in total. The largest absolute Gasteiger partial charge is 0.449 e. The molecule has 0 unspecified atom stereocenters. The van der Waals surface area contributed by atoms with Gasteiger partial charge in [-0.05, 0) is 37.6 Å². The van der Waals surface area contributed by atoms with Crippen LogP contribution in [0.25, 0.3) is 0 Å². The van der Waals surface area contributed by atoms with Crippen molar-refractivity contribution in [1.82, 2.24) is 0 Å². The Morgan fingerprint density at radius 3 is 2.70 bits per heavy atom. The molecule has 6 heteroatoms. The molecule has 102 valence electrons. The van der Waals surface area contributed by atoms with Crippen molar-refractivity contribution in [2.45, 2.75) is 20.4 Å². The Morgan fingerprint density at radius 2 is 2.10 bits per heavy atom. The van der Waals surface area contributed by atoms with E-state index in [1.165, 1.54) is 0 Å². The number of hydrogen-bond donors (Lipinski definition) is 1. The lowest BCUT2D eigenvalue weighted by molar-refractivity contribution is -0.385. The molecule has 0 saturated carbocycles. The number of anilines is 1. The third-order valence-electron chi connectivity index (χ3n) is 2.96. The van der Waals surface area contributed by atoms with Gasteiger partial charge in [-0.2, -0.15) is 5.26 Å². The molecule has 0 saturated heterocycles. The molecule has 0 aliphatic carbocycles. The summed E-state index contributed by atoms with van der Waals surface area (Å²) in [7, 11) is 0. The van der Waals surface area contributed by atoms with Crippen molar-refractivity contribution in [2.24, 2.45) is 0 Å². The second-order valence-corrected chi connectivity index (χ2v) is 4.44. The Kier molecular flexibility index (Phi) is 3.71. The zero-order valence-electron chi connectivity index (χ0n) is 11.1. The van der Waals surface area contributed by atoms with Crippen LogP contribution in [0.15, 0.2) is 28.7 Å². The molecule has 1 aromatic carbocycles. The van der Waals surface area contributed by atoms with E-state index in [1.54, 1.807) is 38.1 Å². The van der Waals surface area contributed by atoms with E-state index >= 15 is 0 Å². The molecule has 0 atom stereocenters. The molecule has 0 aliphatic heterocycles. The fraction of sp³-hybridized carbons (Fsp3) is 0.214. The molecule has 0 amide bonds. The normalized spacial score (nSPS) is 10.1. The minimum atomic E-state index is -0.391. The van der Waals surface area contributed by atoms with Crippen molar-refractivity contribution in [3.63, 3.8) is 0 Å². The Morgan fingerprint density at radius 1 is 1.35 bits per heavy atom. The highest BCUT2D eigenvalue weighted by atomic mass is 16.6. The van der Waals surface area contributed by atoms with E-state index in [9.17, 15) is 10.1 Å². The number of nitro benzene ring substituents is 1. The highest BCUT2D eigenvalue weighted by Gasteiger charge is 2.13. The molecule has 0 spiro atoms. The van der Waals surface area contributed by atoms with Crippen LogP contribution in [0.1, 0.15) is 22.6 Å². The quantitative estimate of drug-likeness (QED) is 0.680. The van der Waals surface area contributed by atoms with Crippen LogP contribution in [0.4, 0.5) is 11.4 Å². The fourth-order valence-corrected chi connectivity index (χ4v) is 1.90. The van der Waals surface area contributed by atoms with Crippen molar-refractivity contribution in [3.05, 3.63) is 57.0 Å². The summed E-state index contributed by atoms with van der Waals surface area (Å²) in [6.07, 6.45) is 0. The first-order chi connectivity index (χ1) is 9.51. The van der Waals surface area contributed by atoms with Crippen molar-refractivity contribution in [2.75, 3.05) is 5.32 Å². The molecule has 6 nitrogen and oxygen atoms in total. The van der Waals surface area contributed by atoms with Gasteiger partial charge in [0.25, 0.3) is 5.69 Å². The van der Waals surface area contributed by atoms with Crippen molar-refractivity contribution in [3.8, 4) is 6.07 Å². The lowest BCUT2D eigenvalue weighted by Gasteiger charge is -2.09. The van der Waals surface area contributed by atoms with Crippen LogP contribution in [0.3, 0.4) is 0 Å². The molecular formula is C14H13N3O3. The monoisotopic (exact) mass is 271 g/mol. The summed E-state index contributed by atoms with van der Waals surface area (Å²) >= 11 is 0. The maximum Gasteiger partial charge on any atom is 0.272 e. The highest BCUT2D eigenvalue weighted by molar-refractivity contribution is 5.59. The average Bonchev–Trinajstić information content (AvgIpc) is 2.87. The molecule has 20 heavy (non-hydrogen) atoms. The van der Waals surface area contributed by atoms with Gasteiger partial charge in [-0.15, -0.1) is 0 Å². The summed E-state index contributed by atoms with van der Waals surface area (Å²) in [6, 6.07) is 8.52. The number of aryl methyl sites for hydroxylation is 2. The second kappa shape index (κ2) is 5.45. The van der Waals surface area contributed by atoms with E-state index in [2.05, 4.69) is 5.32 Å². The van der Waals surface area contributed by atoms with E-state index in [4.69, 9.17) is 9.68 Å². The predicted molar refractivity (Wildman–Crippen MR) is 73.3 cm³/mol. The van der Waals surface area contributed by atoms with Crippen LogP contribution < -0.4 is 5.32 Å². The number of nitriles is 1. The number of furan rings is 1. The first kappa shape index (κ1) is 13.6. The predicted octanol–water partition coefficient (Wildman–Crippen LogP) is 3.29. The van der Waals surface area contributed by atoms with Gasteiger partial charge in [0.15, 0.2) is 0 Å². The molecule has 1 aromatic heterocycles. The maximum absolute atomic E-state index is 10.8. The zero-order valence-corrected chi connectivity index (χ0v) is 11.1. The molecule has 2 aromatic rings. The lowest BCUT2D eigenvalue weighted by atomic mass is 10.1. The maximum atomic E-state index is 10.8. The molecule has 0 fully saturated rings. The van der Waals surface area contributed by atoms with Gasteiger partial charge in [-0.3, -0.25) is 10.1 Å². The number of nitro groups is 1. The Hall–Kier alpha value is -2.81. The van der Waals surface area contributed by atoms with Gasteiger partial charge < -0.3 is 9.73 Å². The van der Waals surface area contributed by atoms with Gasteiger partial charge in [-0.1, -0.05) is 0 Å². The summed E-state index contributed by atoms with van der Waals surface area (Å²) in [6.45, 7) is 3.92. The van der Waals surface area contributed by atoms with Crippen LogP contribution >= 0.6 is 0 Å². The van der Waals surface area contributed by atoms with Gasteiger partial charge in [0.05, 0.1) is 11.5 Å². The third-order valence-corrected chi connectivity index (χ3v) is 2.96. The first-order valence-corrected chi connectivity index (χ1v) is 5.99. The molecule has 0 aliphatic rings. The number of rotatable bonds is 4. The van der Waals surface area contributed by atoms with Crippen LogP contribution in [0.5, 0.6) is 0 Å².